The normalized spacial score (nSPS) is 18.9. The molecule has 1 aliphatic rings. The fourth-order valence-electron chi connectivity index (χ4n) is 3.94. The molecule has 1 heterocycles. The minimum Gasteiger partial charge on any atom is -0.490 e. The van der Waals surface area contributed by atoms with Crippen LogP contribution in [0.4, 0.5) is 5.69 Å². The largest absolute Gasteiger partial charge is 0.490 e. The van der Waals surface area contributed by atoms with E-state index in [0.29, 0.717) is 35.3 Å². The number of para-hydroxylation sites is 1. The number of nitrogens with one attached hydrogen (secondary N) is 1. The van der Waals surface area contributed by atoms with E-state index in [0.717, 1.165) is 37.3 Å². The van der Waals surface area contributed by atoms with Gasteiger partial charge in [-0.15, -0.1) is 0 Å². The van der Waals surface area contributed by atoms with E-state index in [1.807, 2.05) is 38.1 Å². The lowest BCUT2D eigenvalue weighted by Gasteiger charge is -2.35. The molecule has 32 heavy (non-hydrogen) atoms. The van der Waals surface area contributed by atoms with E-state index in [1.165, 1.54) is 0 Å². The van der Waals surface area contributed by atoms with Crippen molar-refractivity contribution in [1.82, 2.24) is 4.90 Å². The Morgan fingerprint density at radius 1 is 1.16 bits per heavy atom. The van der Waals surface area contributed by atoms with Crippen LogP contribution in [0, 0.1) is 0 Å². The van der Waals surface area contributed by atoms with Gasteiger partial charge in [0.05, 0.1) is 30.4 Å². The van der Waals surface area contributed by atoms with Gasteiger partial charge in [-0.2, -0.15) is 0 Å². The van der Waals surface area contributed by atoms with Gasteiger partial charge >= 0.3 is 0 Å². The lowest BCUT2D eigenvalue weighted by atomic mass is 10.1. The van der Waals surface area contributed by atoms with E-state index in [1.54, 1.807) is 12.1 Å². The van der Waals surface area contributed by atoms with Crippen molar-refractivity contribution in [3.05, 3.63) is 52.5 Å². The molecule has 0 radical (unpaired) electrons. The number of hydrogen-bond acceptors (Lipinski definition) is 5. The van der Waals surface area contributed by atoms with Crippen molar-refractivity contribution in [2.45, 2.75) is 52.9 Å². The summed E-state index contributed by atoms with van der Waals surface area (Å²) >= 11 is 6.44. The number of amides is 1. The third kappa shape index (κ3) is 6.37. The van der Waals surface area contributed by atoms with Crippen LogP contribution in [-0.4, -0.2) is 49.3 Å². The van der Waals surface area contributed by atoms with Gasteiger partial charge in [0, 0.05) is 30.9 Å². The molecule has 0 saturated carbocycles. The number of morpholine rings is 1. The zero-order valence-corrected chi connectivity index (χ0v) is 20.1. The molecule has 174 valence electrons. The Kier molecular flexibility index (Phi) is 8.79. The Morgan fingerprint density at radius 2 is 1.88 bits per heavy atom. The summed E-state index contributed by atoms with van der Waals surface area (Å²) in [5.74, 6) is 0.706. The summed E-state index contributed by atoms with van der Waals surface area (Å²) in [6.45, 7) is 11.5. The highest BCUT2D eigenvalue weighted by Gasteiger charge is 2.23. The third-order valence-electron chi connectivity index (χ3n) is 5.18. The summed E-state index contributed by atoms with van der Waals surface area (Å²) in [5, 5.41) is 3.41. The number of anilines is 1. The molecular formula is C25H33ClN2O4. The summed E-state index contributed by atoms with van der Waals surface area (Å²) in [5.41, 5.74) is 2.26. The first-order chi connectivity index (χ1) is 15.4. The summed E-state index contributed by atoms with van der Waals surface area (Å²) in [6.07, 6.45) is 1.22. The van der Waals surface area contributed by atoms with E-state index in [-0.39, 0.29) is 18.1 Å². The number of rotatable bonds is 9. The fourth-order valence-corrected chi connectivity index (χ4v) is 4.20. The minimum atomic E-state index is -0.244. The lowest BCUT2D eigenvalue weighted by Crippen LogP contribution is -2.44. The van der Waals surface area contributed by atoms with Crippen LogP contribution in [0.2, 0.25) is 5.02 Å². The van der Waals surface area contributed by atoms with Crippen molar-refractivity contribution in [1.29, 1.82) is 0 Å². The zero-order valence-electron chi connectivity index (χ0n) is 19.3. The van der Waals surface area contributed by atoms with Crippen LogP contribution < -0.4 is 14.8 Å². The second-order valence-corrected chi connectivity index (χ2v) is 8.54. The SMILES string of the molecule is CCCOc1c(Cl)cc(C(=O)Nc2ccccc2CN2CC(C)OC(C)C2)cc1OCC. The van der Waals surface area contributed by atoms with Crippen LogP contribution in [0.1, 0.15) is 50.0 Å². The maximum absolute atomic E-state index is 13.1. The predicted molar refractivity (Wildman–Crippen MR) is 128 cm³/mol. The molecule has 2 atom stereocenters. The molecule has 1 fully saturated rings. The van der Waals surface area contributed by atoms with E-state index in [9.17, 15) is 4.79 Å². The van der Waals surface area contributed by atoms with Gasteiger partial charge in [0.15, 0.2) is 11.5 Å². The molecule has 1 aliphatic heterocycles. The lowest BCUT2D eigenvalue weighted by molar-refractivity contribution is -0.0704. The Balaban J connectivity index is 1.78. The summed E-state index contributed by atoms with van der Waals surface area (Å²) in [6, 6.07) is 11.2. The number of carbonyl (C=O) groups is 1. The van der Waals surface area contributed by atoms with Crippen molar-refractivity contribution in [2.24, 2.45) is 0 Å². The van der Waals surface area contributed by atoms with Gasteiger partial charge in [0.1, 0.15) is 0 Å². The first-order valence-corrected chi connectivity index (χ1v) is 11.6. The minimum absolute atomic E-state index is 0.188. The van der Waals surface area contributed by atoms with Crippen molar-refractivity contribution in [2.75, 3.05) is 31.6 Å². The van der Waals surface area contributed by atoms with Crippen molar-refractivity contribution < 1.29 is 19.0 Å². The number of hydrogen-bond donors (Lipinski definition) is 1. The van der Waals surface area contributed by atoms with Crippen LogP contribution in [-0.2, 0) is 11.3 Å². The standard InChI is InChI=1S/C25H33ClN2O4/c1-5-11-31-24-21(26)12-20(13-23(24)30-6-2)25(29)27-22-10-8-7-9-19(22)16-28-14-17(3)32-18(4)15-28/h7-10,12-13,17-18H,5-6,11,14-16H2,1-4H3,(H,27,29). The second kappa shape index (κ2) is 11.5. The van der Waals surface area contributed by atoms with Crippen molar-refractivity contribution >= 4 is 23.2 Å². The first kappa shape index (κ1) is 24.4. The average molecular weight is 461 g/mol. The molecule has 2 aromatic carbocycles. The molecule has 1 saturated heterocycles. The molecule has 1 N–H and O–H groups in total. The number of carbonyl (C=O) groups excluding carboxylic acids is 1. The van der Waals surface area contributed by atoms with Gasteiger partial charge in [-0.3, -0.25) is 9.69 Å². The molecular weight excluding hydrogens is 428 g/mol. The van der Waals surface area contributed by atoms with Crippen LogP contribution >= 0.6 is 11.6 Å². The van der Waals surface area contributed by atoms with Gasteiger partial charge in [0.2, 0.25) is 0 Å². The highest BCUT2D eigenvalue weighted by Crippen LogP contribution is 2.37. The van der Waals surface area contributed by atoms with Crippen LogP contribution in [0.15, 0.2) is 36.4 Å². The zero-order chi connectivity index (χ0) is 23.1. The van der Waals surface area contributed by atoms with Gasteiger partial charge in [-0.25, -0.2) is 0 Å². The van der Waals surface area contributed by atoms with E-state index in [4.69, 9.17) is 25.8 Å². The van der Waals surface area contributed by atoms with Gasteiger partial charge in [-0.1, -0.05) is 36.7 Å². The Labute approximate surface area is 195 Å². The Bertz CT molecular complexity index is 911. The summed E-state index contributed by atoms with van der Waals surface area (Å²) in [7, 11) is 0. The average Bonchev–Trinajstić information content (AvgIpc) is 2.74. The molecule has 7 heteroatoms. The van der Waals surface area contributed by atoms with E-state index in [2.05, 4.69) is 24.1 Å². The molecule has 0 aromatic heterocycles. The number of nitrogens with zero attached hydrogens (tertiary/aromatic N) is 1. The molecule has 0 aliphatic carbocycles. The number of halogens is 1. The topological polar surface area (TPSA) is 60.0 Å². The highest BCUT2D eigenvalue weighted by molar-refractivity contribution is 6.32. The van der Waals surface area contributed by atoms with Gasteiger partial charge in [-0.05, 0) is 51.0 Å². The fraction of sp³-hybridized carbons (Fsp3) is 0.480. The maximum Gasteiger partial charge on any atom is 0.255 e. The quantitative estimate of drug-likeness (QED) is 0.543. The maximum atomic E-state index is 13.1. The third-order valence-corrected chi connectivity index (χ3v) is 5.46. The number of ether oxygens (including phenoxy) is 3. The highest BCUT2D eigenvalue weighted by atomic mass is 35.5. The first-order valence-electron chi connectivity index (χ1n) is 11.3. The van der Waals surface area contributed by atoms with E-state index >= 15 is 0 Å². The predicted octanol–water partition coefficient (Wildman–Crippen LogP) is 5.39. The molecule has 6 nitrogen and oxygen atoms in total. The van der Waals surface area contributed by atoms with Crippen molar-refractivity contribution in [3.63, 3.8) is 0 Å². The summed E-state index contributed by atoms with van der Waals surface area (Å²) < 4.78 is 17.3. The Morgan fingerprint density at radius 3 is 2.56 bits per heavy atom. The molecule has 2 aromatic rings. The molecule has 0 bridgehead atoms. The second-order valence-electron chi connectivity index (χ2n) is 8.13. The number of benzene rings is 2. The van der Waals surface area contributed by atoms with Gasteiger partial charge in [0.25, 0.3) is 5.91 Å². The molecule has 0 spiro atoms. The van der Waals surface area contributed by atoms with E-state index < -0.39 is 0 Å². The summed E-state index contributed by atoms with van der Waals surface area (Å²) in [4.78, 5) is 15.5. The van der Waals surface area contributed by atoms with Crippen molar-refractivity contribution in [3.8, 4) is 11.5 Å². The Hall–Kier alpha value is -2.28. The van der Waals surface area contributed by atoms with Gasteiger partial charge < -0.3 is 19.5 Å². The molecule has 3 rings (SSSR count). The van der Waals surface area contributed by atoms with Crippen LogP contribution in [0.25, 0.3) is 0 Å². The molecule has 1 amide bonds. The molecule has 2 unspecified atom stereocenters. The van der Waals surface area contributed by atoms with Crippen LogP contribution in [0.5, 0.6) is 11.5 Å². The van der Waals surface area contributed by atoms with Crippen LogP contribution in [0.3, 0.4) is 0 Å². The smallest absolute Gasteiger partial charge is 0.255 e. The monoisotopic (exact) mass is 460 g/mol.